The third-order valence-electron chi connectivity index (χ3n) is 2.42. The van der Waals surface area contributed by atoms with Gasteiger partial charge < -0.3 is 10.0 Å². The first-order valence-corrected chi connectivity index (χ1v) is 6.65. The standard InChI is InChI=1S/C13H12ClNO2S/c14-10-6-12(18-9-10)7-15(8-13(16)17)11-4-2-1-3-5-11/h1-6,9H,7-8H2,(H,16,17). The molecule has 18 heavy (non-hydrogen) atoms. The van der Waals surface area contributed by atoms with Crippen molar-refractivity contribution in [1.29, 1.82) is 0 Å². The normalized spacial score (nSPS) is 10.3. The number of aliphatic carboxylic acids is 1. The van der Waals surface area contributed by atoms with Crippen LogP contribution in [0.1, 0.15) is 4.88 Å². The average Bonchev–Trinajstić information content (AvgIpc) is 2.75. The minimum Gasteiger partial charge on any atom is -0.480 e. The summed E-state index contributed by atoms with van der Waals surface area (Å²) in [6.45, 7) is 0.521. The Kier molecular flexibility index (Phi) is 4.23. The van der Waals surface area contributed by atoms with E-state index in [1.807, 2.05) is 46.7 Å². The lowest BCUT2D eigenvalue weighted by atomic mass is 10.2. The molecule has 0 unspecified atom stereocenters. The zero-order chi connectivity index (χ0) is 13.0. The Balaban J connectivity index is 2.18. The van der Waals surface area contributed by atoms with Gasteiger partial charge in [0.1, 0.15) is 6.54 Å². The number of carboxylic acids is 1. The molecule has 0 aliphatic rings. The molecule has 0 saturated heterocycles. The number of rotatable bonds is 5. The summed E-state index contributed by atoms with van der Waals surface area (Å²) in [6.07, 6.45) is 0. The van der Waals surface area contributed by atoms with Gasteiger partial charge in [-0.25, -0.2) is 0 Å². The van der Waals surface area contributed by atoms with E-state index in [1.54, 1.807) is 0 Å². The Morgan fingerprint density at radius 3 is 2.61 bits per heavy atom. The van der Waals surface area contributed by atoms with E-state index in [2.05, 4.69) is 0 Å². The van der Waals surface area contributed by atoms with Gasteiger partial charge in [-0.2, -0.15) is 0 Å². The molecule has 0 atom stereocenters. The molecule has 5 heteroatoms. The minimum absolute atomic E-state index is 0.0282. The molecule has 3 nitrogen and oxygen atoms in total. The van der Waals surface area contributed by atoms with Gasteiger partial charge in [-0.1, -0.05) is 29.8 Å². The summed E-state index contributed by atoms with van der Waals surface area (Å²) in [5.41, 5.74) is 0.893. The van der Waals surface area contributed by atoms with E-state index in [9.17, 15) is 4.79 Å². The van der Waals surface area contributed by atoms with Crippen molar-refractivity contribution in [3.05, 3.63) is 51.7 Å². The Bertz CT molecular complexity index is 527. The molecule has 2 rings (SSSR count). The predicted molar refractivity (Wildman–Crippen MR) is 74.5 cm³/mol. The third kappa shape index (κ3) is 3.48. The Morgan fingerprint density at radius 1 is 1.33 bits per heavy atom. The van der Waals surface area contributed by atoms with Crippen LogP contribution in [0.25, 0.3) is 0 Å². The van der Waals surface area contributed by atoms with Gasteiger partial charge in [0.2, 0.25) is 0 Å². The van der Waals surface area contributed by atoms with Crippen LogP contribution in [0.4, 0.5) is 5.69 Å². The van der Waals surface area contributed by atoms with Gasteiger partial charge in [-0.05, 0) is 18.2 Å². The van der Waals surface area contributed by atoms with Crippen LogP contribution < -0.4 is 4.90 Å². The van der Waals surface area contributed by atoms with Crippen molar-refractivity contribution < 1.29 is 9.90 Å². The highest BCUT2D eigenvalue weighted by molar-refractivity contribution is 7.10. The fraction of sp³-hybridized carbons (Fsp3) is 0.154. The summed E-state index contributed by atoms with van der Waals surface area (Å²) < 4.78 is 0. The summed E-state index contributed by atoms with van der Waals surface area (Å²) >= 11 is 7.40. The molecule has 0 fully saturated rings. The number of carboxylic acid groups (broad SMARTS) is 1. The van der Waals surface area contributed by atoms with Crippen molar-refractivity contribution in [2.45, 2.75) is 6.54 Å². The first-order chi connectivity index (χ1) is 8.65. The van der Waals surface area contributed by atoms with Crippen LogP contribution >= 0.6 is 22.9 Å². The van der Waals surface area contributed by atoms with Crippen molar-refractivity contribution in [3.63, 3.8) is 0 Å². The molecular weight excluding hydrogens is 270 g/mol. The van der Waals surface area contributed by atoms with Gasteiger partial charge >= 0.3 is 5.97 Å². The highest BCUT2D eigenvalue weighted by atomic mass is 35.5. The monoisotopic (exact) mass is 281 g/mol. The largest absolute Gasteiger partial charge is 0.480 e. The molecule has 2 aromatic rings. The highest BCUT2D eigenvalue weighted by Crippen LogP contribution is 2.23. The lowest BCUT2D eigenvalue weighted by Crippen LogP contribution is -2.28. The van der Waals surface area contributed by atoms with E-state index in [-0.39, 0.29) is 6.54 Å². The first kappa shape index (κ1) is 12.9. The topological polar surface area (TPSA) is 40.5 Å². The van der Waals surface area contributed by atoms with Crippen molar-refractivity contribution in [1.82, 2.24) is 0 Å². The maximum Gasteiger partial charge on any atom is 0.323 e. The van der Waals surface area contributed by atoms with Crippen molar-refractivity contribution in [2.24, 2.45) is 0 Å². The van der Waals surface area contributed by atoms with Gasteiger partial charge in [0, 0.05) is 15.9 Å². The molecule has 0 aliphatic heterocycles. The SMILES string of the molecule is O=C(O)CN(Cc1cc(Cl)cs1)c1ccccc1. The number of benzene rings is 1. The van der Waals surface area contributed by atoms with Crippen molar-refractivity contribution >= 4 is 34.6 Å². The quantitative estimate of drug-likeness (QED) is 0.912. The lowest BCUT2D eigenvalue weighted by molar-refractivity contribution is -0.135. The van der Waals surface area contributed by atoms with E-state index in [0.29, 0.717) is 11.6 Å². The van der Waals surface area contributed by atoms with Crippen LogP contribution in [0.2, 0.25) is 5.02 Å². The lowest BCUT2D eigenvalue weighted by Gasteiger charge is -2.22. The Labute approximate surface area is 114 Å². The van der Waals surface area contributed by atoms with Gasteiger partial charge in [0.25, 0.3) is 0 Å². The summed E-state index contributed by atoms with van der Waals surface area (Å²) in [7, 11) is 0. The molecule has 0 radical (unpaired) electrons. The van der Waals surface area contributed by atoms with Crippen molar-refractivity contribution in [3.8, 4) is 0 Å². The molecule has 1 N–H and O–H groups in total. The Morgan fingerprint density at radius 2 is 2.06 bits per heavy atom. The highest BCUT2D eigenvalue weighted by Gasteiger charge is 2.12. The molecule has 0 bridgehead atoms. The summed E-state index contributed by atoms with van der Waals surface area (Å²) in [6, 6.07) is 11.4. The number of halogens is 1. The smallest absolute Gasteiger partial charge is 0.323 e. The average molecular weight is 282 g/mol. The molecular formula is C13H12ClNO2S. The van der Waals surface area contributed by atoms with E-state index in [1.165, 1.54) is 11.3 Å². The number of para-hydroxylation sites is 1. The first-order valence-electron chi connectivity index (χ1n) is 5.40. The summed E-state index contributed by atoms with van der Waals surface area (Å²) in [5.74, 6) is -0.846. The second kappa shape index (κ2) is 5.89. The zero-order valence-corrected chi connectivity index (χ0v) is 11.1. The Hall–Kier alpha value is -1.52. The zero-order valence-electron chi connectivity index (χ0n) is 9.54. The second-order valence-corrected chi connectivity index (χ2v) is 5.25. The van der Waals surface area contributed by atoms with Crippen LogP contribution in [0.3, 0.4) is 0 Å². The van der Waals surface area contributed by atoms with E-state index in [0.717, 1.165) is 10.6 Å². The number of thiophene rings is 1. The molecule has 1 aromatic heterocycles. The van der Waals surface area contributed by atoms with Gasteiger partial charge in [-0.3, -0.25) is 4.79 Å². The molecule has 0 spiro atoms. The molecule has 0 saturated carbocycles. The van der Waals surface area contributed by atoms with Gasteiger partial charge in [0.05, 0.1) is 11.6 Å². The van der Waals surface area contributed by atoms with Crippen LogP contribution in [0, 0.1) is 0 Å². The third-order valence-corrected chi connectivity index (χ3v) is 3.69. The molecule has 94 valence electrons. The maximum atomic E-state index is 10.9. The van der Waals surface area contributed by atoms with Gasteiger partial charge in [0.15, 0.2) is 0 Å². The van der Waals surface area contributed by atoms with Crippen LogP contribution in [-0.2, 0) is 11.3 Å². The molecule has 0 aliphatic carbocycles. The number of nitrogens with zero attached hydrogens (tertiary/aromatic N) is 1. The number of hydrogen-bond donors (Lipinski definition) is 1. The van der Waals surface area contributed by atoms with E-state index >= 15 is 0 Å². The number of anilines is 1. The van der Waals surface area contributed by atoms with E-state index < -0.39 is 5.97 Å². The predicted octanol–water partition coefficient (Wildman–Crippen LogP) is 3.49. The van der Waals surface area contributed by atoms with Crippen LogP contribution in [0.5, 0.6) is 0 Å². The van der Waals surface area contributed by atoms with Crippen LogP contribution in [0.15, 0.2) is 41.8 Å². The van der Waals surface area contributed by atoms with Crippen molar-refractivity contribution in [2.75, 3.05) is 11.4 Å². The fourth-order valence-corrected chi connectivity index (χ4v) is 2.75. The van der Waals surface area contributed by atoms with Gasteiger partial charge in [-0.15, -0.1) is 11.3 Å². The fourth-order valence-electron chi connectivity index (χ4n) is 1.67. The van der Waals surface area contributed by atoms with E-state index in [4.69, 9.17) is 16.7 Å². The summed E-state index contributed by atoms with van der Waals surface area (Å²) in [4.78, 5) is 13.8. The number of carbonyl (C=O) groups is 1. The molecule has 1 heterocycles. The minimum atomic E-state index is -0.846. The molecule has 1 aromatic carbocycles. The maximum absolute atomic E-state index is 10.9. The summed E-state index contributed by atoms with van der Waals surface area (Å²) in [5, 5.41) is 11.5. The van der Waals surface area contributed by atoms with Crippen LogP contribution in [-0.4, -0.2) is 17.6 Å². The number of hydrogen-bond acceptors (Lipinski definition) is 3. The molecule has 0 amide bonds. The second-order valence-electron chi connectivity index (χ2n) is 3.82.